The fraction of sp³-hybridized carbons (Fsp3) is 0.440. The lowest BCUT2D eigenvalue weighted by Crippen LogP contribution is -2.46. The Kier molecular flexibility index (Phi) is 9.83. The minimum atomic E-state index is -0.249. The van der Waals surface area contributed by atoms with Crippen LogP contribution in [0.5, 0.6) is 0 Å². The second-order valence-corrected chi connectivity index (χ2v) is 9.47. The molecule has 10 heteroatoms. The number of rotatable bonds is 7. The van der Waals surface area contributed by atoms with Gasteiger partial charge in [-0.15, -0.1) is 0 Å². The van der Waals surface area contributed by atoms with Crippen molar-refractivity contribution in [3.63, 3.8) is 0 Å². The number of nitrogens with one attached hydrogen (secondary N) is 2. The van der Waals surface area contributed by atoms with E-state index in [4.69, 9.17) is 11.6 Å². The summed E-state index contributed by atoms with van der Waals surface area (Å²) < 4.78 is 0. The monoisotopic (exact) mass is 515 g/mol. The van der Waals surface area contributed by atoms with Crippen LogP contribution in [0.4, 0.5) is 22.5 Å². The maximum Gasteiger partial charge on any atom is 0.267 e. The molecule has 0 bridgehead atoms. The fourth-order valence-electron chi connectivity index (χ4n) is 3.81. The predicted molar refractivity (Wildman–Crippen MR) is 147 cm³/mol. The van der Waals surface area contributed by atoms with Gasteiger partial charge in [0.05, 0.1) is 16.9 Å². The highest BCUT2D eigenvalue weighted by atomic mass is 35.5. The molecule has 0 radical (unpaired) electrons. The Morgan fingerprint density at radius 1 is 1.14 bits per heavy atom. The second kappa shape index (κ2) is 12.8. The molecule has 1 amide bonds. The molecule has 0 atom stereocenters. The van der Waals surface area contributed by atoms with E-state index in [1.807, 2.05) is 45.9 Å². The third-order valence-electron chi connectivity index (χ3n) is 5.49. The normalized spacial score (nSPS) is 13.7. The average Bonchev–Trinajstić information content (AvgIpc) is 3.31. The van der Waals surface area contributed by atoms with Crippen LogP contribution in [0.2, 0.25) is 5.02 Å². The molecule has 0 saturated carbocycles. The predicted octanol–water partition coefficient (Wildman–Crippen LogP) is 5.76. The number of benzene rings is 1. The molecule has 4 rings (SSSR count). The molecule has 1 fully saturated rings. The van der Waals surface area contributed by atoms with Crippen LogP contribution in [0.1, 0.15) is 48.3 Å². The van der Waals surface area contributed by atoms with E-state index in [2.05, 4.69) is 42.3 Å². The number of aryl methyl sites for hydroxylation is 2. The first-order chi connectivity index (χ1) is 16.9. The average molecular weight is 516 g/mol. The summed E-state index contributed by atoms with van der Waals surface area (Å²) in [5.74, 6) is 2.01. The van der Waals surface area contributed by atoms with Crippen LogP contribution in [0.3, 0.4) is 0 Å². The maximum absolute atomic E-state index is 12.7. The first-order valence-electron chi connectivity index (χ1n) is 12.0. The Bertz CT molecular complexity index is 1110. The molecule has 1 aliphatic heterocycles. The van der Waals surface area contributed by atoms with Crippen LogP contribution >= 0.6 is 22.9 Å². The van der Waals surface area contributed by atoms with Crippen LogP contribution in [0.25, 0.3) is 0 Å². The highest BCUT2D eigenvalue weighted by Crippen LogP contribution is 2.28. The SMILES string of the molecule is CC.CCCN1CCN(c2cc(Nc3ncc(C(=O)Nc4c(C)cccc4Cl)s3)nc(C)n2)CC1. The van der Waals surface area contributed by atoms with Crippen molar-refractivity contribution in [2.75, 3.05) is 48.3 Å². The fourth-order valence-corrected chi connectivity index (χ4v) is 4.79. The van der Waals surface area contributed by atoms with Crippen LogP contribution < -0.4 is 15.5 Å². The third-order valence-corrected chi connectivity index (χ3v) is 6.71. The van der Waals surface area contributed by atoms with Gasteiger partial charge in [-0.05, 0) is 38.4 Å². The zero-order valence-electron chi connectivity index (χ0n) is 21.1. The van der Waals surface area contributed by atoms with Gasteiger partial charge in [0, 0.05) is 32.2 Å². The molecule has 3 aromatic rings. The van der Waals surface area contributed by atoms with Crippen LogP contribution in [-0.4, -0.2) is 58.5 Å². The van der Waals surface area contributed by atoms with E-state index in [0.717, 1.165) is 44.1 Å². The van der Waals surface area contributed by atoms with Gasteiger partial charge < -0.3 is 15.5 Å². The Hall–Kier alpha value is -2.75. The summed E-state index contributed by atoms with van der Waals surface area (Å²) in [6, 6.07) is 7.45. The molecule has 188 valence electrons. The van der Waals surface area contributed by atoms with Crippen molar-refractivity contribution < 1.29 is 4.79 Å². The van der Waals surface area contributed by atoms with E-state index >= 15 is 0 Å². The highest BCUT2D eigenvalue weighted by molar-refractivity contribution is 7.17. The topological polar surface area (TPSA) is 86.3 Å². The lowest BCUT2D eigenvalue weighted by atomic mass is 10.2. The van der Waals surface area contributed by atoms with Crippen molar-refractivity contribution in [2.24, 2.45) is 0 Å². The third kappa shape index (κ3) is 7.13. The Morgan fingerprint density at radius 2 is 1.89 bits per heavy atom. The molecule has 35 heavy (non-hydrogen) atoms. The summed E-state index contributed by atoms with van der Waals surface area (Å²) in [5, 5.41) is 7.21. The molecule has 0 aliphatic carbocycles. The van der Waals surface area contributed by atoms with Gasteiger partial charge in [0.15, 0.2) is 5.13 Å². The number of amides is 1. The Balaban J connectivity index is 0.00000167. The molecule has 3 heterocycles. The lowest BCUT2D eigenvalue weighted by Gasteiger charge is -2.35. The van der Waals surface area contributed by atoms with Crippen molar-refractivity contribution in [3.8, 4) is 0 Å². The summed E-state index contributed by atoms with van der Waals surface area (Å²) in [7, 11) is 0. The molecule has 0 unspecified atom stereocenters. The molecular weight excluding hydrogens is 482 g/mol. The smallest absolute Gasteiger partial charge is 0.267 e. The number of aromatic nitrogens is 3. The number of carbonyl (C=O) groups is 1. The molecule has 1 aromatic carbocycles. The zero-order chi connectivity index (χ0) is 25.4. The first-order valence-corrected chi connectivity index (χ1v) is 13.2. The molecule has 1 aliphatic rings. The summed E-state index contributed by atoms with van der Waals surface area (Å²) >= 11 is 7.49. The number of carbonyl (C=O) groups excluding carboxylic acids is 1. The Morgan fingerprint density at radius 3 is 2.57 bits per heavy atom. The number of hydrogen-bond acceptors (Lipinski definition) is 8. The number of thiazole rings is 1. The molecular formula is C25H34ClN7OS. The van der Waals surface area contributed by atoms with Crippen molar-refractivity contribution >= 4 is 51.3 Å². The van der Waals surface area contributed by atoms with Crippen molar-refractivity contribution in [1.82, 2.24) is 19.9 Å². The minimum Gasteiger partial charge on any atom is -0.354 e. The molecule has 2 N–H and O–H groups in total. The van der Waals surface area contributed by atoms with Gasteiger partial charge in [-0.3, -0.25) is 9.69 Å². The van der Waals surface area contributed by atoms with Crippen LogP contribution in [0.15, 0.2) is 30.5 Å². The van der Waals surface area contributed by atoms with E-state index in [0.29, 0.717) is 32.4 Å². The quantitative estimate of drug-likeness (QED) is 0.413. The number of piperazine rings is 1. The van der Waals surface area contributed by atoms with Gasteiger partial charge in [0.2, 0.25) is 0 Å². The first kappa shape index (κ1) is 26.8. The van der Waals surface area contributed by atoms with Crippen LogP contribution in [0, 0.1) is 13.8 Å². The van der Waals surface area contributed by atoms with Gasteiger partial charge in [0.1, 0.15) is 22.3 Å². The van der Waals surface area contributed by atoms with E-state index < -0.39 is 0 Å². The summed E-state index contributed by atoms with van der Waals surface area (Å²) in [6.07, 6.45) is 2.73. The van der Waals surface area contributed by atoms with Gasteiger partial charge >= 0.3 is 0 Å². The largest absolute Gasteiger partial charge is 0.354 e. The second-order valence-electron chi connectivity index (χ2n) is 8.03. The summed E-state index contributed by atoms with van der Waals surface area (Å²) in [6.45, 7) is 15.1. The van der Waals surface area contributed by atoms with Crippen molar-refractivity contribution in [3.05, 3.63) is 51.7 Å². The minimum absolute atomic E-state index is 0.249. The summed E-state index contributed by atoms with van der Waals surface area (Å²) in [4.78, 5) is 31.4. The molecule has 0 spiro atoms. The van der Waals surface area contributed by atoms with Gasteiger partial charge in [-0.25, -0.2) is 15.0 Å². The van der Waals surface area contributed by atoms with E-state index in [1.54, 1.807) is 12.3 Å². The number of halogens is 1. The standard InChI is InChI=1S/C23H28ClN7OS.C2H6/c1-4-8-30-9-11-31(12-10-30)20-13-19(26-16(3)27-20)28-23-25-14-18(33-23)22(32)29-21-15(2)6-5-7-17(21)24;1-2/h5-7,13-14H,4,8-12H2,1-3H3,(H,29,32)(H,25,26,27,28);1-2H3. The molecule has 1 saturated heterocycles. The zero-order valence-corrected chi connectivity index (χ0v) is 22.6. The number of nitrogens with zero attached hydrogens (tertiary/aromatic N) is 5. The number of anilines is 4. The Labute approximate surface area is 216 Å². The van der Waals surface area contributed by atoms with Gasteiger partial charge in [-0.1, -0.05) is 55.8 Å². The molecule has 8 nitrogen and oxygen atoms in total. The van der Waals surface area contributed by atoms with E-state index in [1.165, 1.54) is 17.8 Å². The van der Waals surface area contributed by atoms with Crippen molar-refractivity contribution in [2.45, 2.75) is 41.0 Å². The van der Waals surface area contributed by atoms with E-state index in [9.17, 15) is 4.79 Å². The number of hydrogen-bond donors (Lipinski definition) is 2. The van der Waals surface area contributed by atoms with Crippen molar-refractivity contribution in [1.29, 1.82) is 0 Å². The van der Waals surface area contributed by atoms with Gasteiger partial charge in [-0.2, -0.15) is 0 Å². The van der Waals surface area contributed by atoms with E-state index in [-0.39, 0.29) is 5.91 Å². The van der Waals surface area contributed by atoms with Crippen LogP contribution in [-0.2, 0) is 0 Å². The molecule has 2 aromatic heterocycles. The summed E-state index contributed by atoms with van der Waals surface area (Å²) in [5.41, 5.74) is 1.51. The number of para-hydroxylation sites is 1. The lowest BCUT2D eigenvalue weighted by molar-refractivity contribution is 0.103. The highest BCUT2D eigenvalue weighted by Gasteiger charge is 2.19. The maximum atomic E-state index is 12.7. The van der Waals surface area contributed by atoms with Gasteiger partial charge in [0.25, 0.3) is 5.91 Å².